The molecule has 0 spiro atoms. The van der Waals surface area contributed by atoms with Crippen LogP contribution in [0.5, 0.6) is 0 Å². The molecular weight excluding hydrogens is 172 g/mol. The van der Waals surface area contributed by atoms with E-state index in [2.05, 4.69) is 37.3 Å². The summed E-state index contributed by atoms with van der Waals surface area (Å²) in [5, 5.41) is 9.03. The van der Waals surface area contributed by atoms with Crippen molar-refractivity contribution >= 4 is 0 Å². The number of hydrogen-bond acceptors (Lipinski definition) is 1. The van der Waals surface area contributed by atoms with Crippen molar-refractivity contribution in [3.8, 4) is 0 Å². The van der Waals surface area contributed by atoms with Gasteiger partial charge in [0.25, 0.3) is 0 Å². The van der Waals surface area contributed by atoms with Crippen LogP contribution in [-0.4, -0.2) is 11.7 Å². The Morgan fingerprint density at radius 3 is 2.50 bits per heavy atom. The van der Waals surface area contributed by atoms with E-state index in [4.69, 9.17) is 5.11 Å². The molecule has 0 aromatic heterocycles. The molecule has 1 aromatic rings. The van der Waals surface area contributed by atoms with Crippen molar-refractivity contribution in [2.75, 3.05) is 6.61 Å². The van der Waals surface area contributed by atoms with Gasteiger partial charge in [0.1, 0.15) is 0 Å². The predicted molar refractivity (Wildman–Crippen MR) is 58.2 cm³/mol. The van der Waals surface area contributed by atoms with Gasteiger partial charge < -0.3 is 5.11 Å². The fourth-order valence-electron chi connectivity index (χ4n) is 2.27. The van der Waals surface area contributed by atoms with Gasteiger partial charge in [-0.3, -0.25) is 0 Å². The summed E-state index contributed by atoms with van der Waals surface area (Å²) in [6.07, 6.45) is 2.51. The molecule has 0 amide bonds. The predicted octanol–water partition coefficient (Wildman–Crippen LogP) is 2.81. The minimum absolute atomic E-state index is 0.339. The second-order valence-electron chi connectivity index (χ2n) is 4.50. The quantitative estimate of drug-likeness (QED) is 0.777. The van der Waals surface area contributed by atoms with Crippen molar-refractivity contribution in [1.29, 1.82) is 0 Å². The van der Waals surface area contributed by atoms with Gasteiger partial charge in [0.05, 0.1) is 0 Å². The summed E-state index contributed by atoms with van der Waals surface area (Å²) >= 11 is 0. The number of rotatable bonds is 3. The van der Waals surface area contributed by atoms with E-state index in [-0.39, 0.29) is 0 Å². The monoisotopic (exact) mass is 190 g/mol. The second kappa shape index (κ2) is 4.14. The molecule has 0 aliphatic heterocycles. The van der Waals surface area contributed by atoms with Crippen molar-refractivity contribution in [1.82, 2.24) is 0 Å². The maximum Gasteiger partial charge on any atom is 0.0459 e. The SMILES string of the molecule is CC(CO)C1CC(c2ccccc2)C1. The van der Waals surface area contributed by atoms with E-state index in [9.17, 15) is 0 Å². The molecule has 1 N–H and O–H groups in total. The Balaban J connectivity index is 1.89. The first kappa shape index (κ1) is 9.72. The summed E-state index contributed by atoms with van der Waals surface area (Å²) in [6, 6.07) is 10.7. The average molecular weight is 190 g/mol. The molecule has 1 fully saturated rings. The summed E-state index contributed by atoms with van der Waals surface area (Å²) in [5.74, 6) is 1.97. The number of hydrogen-bond donors (Lipinski definition) is 1. The van der Waals surface area contributed by atoms with Crippen LogP contribution in [0.4, 0.5) is 0 Å². The highest BCUT2D eigenvalue weighted by molar-refractivity contribution is 5.22. The van der Waals surface area contributed by atoms with E-state index in [0.717, 1.165) is 11.8 Å². The molecule has 1 heteroatoms. The summed E-state index contributed by atoms with van der Waals surface area (Å²) < 4.78 is 0. The van der Waals surface area contributed by atoms with Crippen LogP contribution in [0.2, 0.25) is 0 Å². The van der Waals surface area contributed by atoms with Gasteiger partial charge in [0.2, 0.25) is 0 Å². The van der Waals surface area contributed by atoms with Crippen molar-refractivity contribution in [3.05, 3.63) is 35.9 Å². The fraction of sp³-hybridized carbons (Fsp3) is 0.538. The molecule has 1 saturated carbocycles. The molecule has 1 aliphatic carbocycles. The highest BCUT2D eigenvalue weighted by atomic mass is 16.3. The standard InChI is InChI=1S/C13H18O/c1-10(9-14)12-7-13(8-12)11-5-3-2-4-6-11/h2-6,10,12-14H,7-9H2,1H3. The Bertz CT molecular complexity index is 275. The molecular formula is C13H18O. The van der Waals surface area contributed by atoms with Crippen LogP contribution in [0.1, 0.15) is 31.2 Å². The van der Waals surface area contributed by atoms with Crippen molar-refractivity contribution in [3.63, 3.8) is 0 Å². The molecule has 1 aromatic carbocycles. The Hall–Kier alpha value is -0.820. The van der Waals surface area contributed by atoms with Crippen LogP contribution in [0.15, 0.2) is 30.3 Å². The number of benzene rings is 1. The zero-order valence-electron chi connectivity index (χ0n) is 8.69. The van der Waals surface area contributed by atoms with Gasteiger partial charge in [0, 0.05) is 6.61 Å². The van der Waals surface area contributed by atoms with Gasteiger partial charge in [-0.15, -0.1) is 0 Å². The minimum atomic E-state index is 0.339. The van der Waals surface area contributed by atoms with Gasteiger partial charge in [-0.2, -0.15) is 0 Å². The van der Waals surface area contributed by atoms with Crippen LogP contribution in [0.25, 0.3) is 0 Å². The molecule has 0 bridgehead atoms. The maximum absolute atomic E-state index is 9.03. The van der Waals surface area contributed by atoms with Gasteiger partial charge in [-0.05, 0) is 36.2 Å². The van der Waals surface area contributed by atoms with Crippen molar-refractivity contribution in [2.24, 2.45) is 11.8 Å². The molecule has 0 radical (unpaired) electrons. The summed E-state index contributed by atoms with van der Waals surface area (Å²) in [6.45, 7) is 2.48. The van der Waals surface area contributed by atoms with E-state index in [1.807, 2.05) is 0 Å². The van der Waals surface area contributed by atoms with Gasteiger partial charge in [0.15, 0.2) is 0 Å². The molecule has 1 nitrogen and oxygen atoms in total. The van der Waals surface area contributed by atoms with Gasteiger partial charge in [-0.1, -0.05) is 37.3 Å². The van der Waals surface area contributed by atoms with Crippen LogP contribution in [0.3, 0.4) is 0 Å². The molecule has 76 valence electrons. The third-order valence-corrected chi connectivity index (χ3v) is 3.54. The van der Waals surface area contributed by atoms with Crippen LogP contribution in [-0.2, 0) is 0 Å². The van der Waals surface area contributed by atoms with Crippen molar-refractivity contribution in [2.45, 2.75) is 25.7 Å². The van der Waals surface area contributed by atoms with E-state index in [1.165, 1.54) is 18.4 Å². The van der Waals surface area contributed by atoms with E-state index >= 15 is 0 Å². The second-order valence-corrected chi connectivity index (χ2v) is 4.50. The smallest absolute Gasteiger partial charge is 0.0459 e. The van der Waals surface area contributed by atoms with Gasteiger partial charge in [-0.25, -0.2) is 0 Å². The Labute approximate surface area is 85.8 Å². The lowest BCUT2D eigenvalue weighted by molar-refractivity contribution is 0.119. The van der Waals surface area contributed by atoms with Crippen LogP contribution >= 0.6 is 0 Å². The third kappa shape index (κ3) is 1.83. The average Bonchev–Trinajstić information content (AvgIpc) is 2.17. The lowest BCUT2D eigenvalue weighted by Gasteiger charge is -2.39. The molecule has 0 heterocycles. The van der Waals surface area contributed by atoms with Crippen LogP contribution in [0, 0.1) is 11.8 Å². The maximum atomic E-state index is 9.03. The van der Waals surface area contributed by atoms with E-state index < -0.39 is 0 Å². The normalized spacial score (nSPS) is 28.1. The third-order valence-electron chi connectivity index (χ3n) is 3.54. The number of aliphatic hydroxyl groups is 1. The first-order valence-corrected chi connectivity index (χ1v) is 5.47. The highest BCUT2D eigenvalue weighted by Crippen LogP contribution is 2.44. The van der Waals surface area contributed by atoms with E-state index in [0.29, 0.717) is 12.5 Å². The highest BCUT2D eigenvalue weighted by Gasteiger charge is 2.33. The Morgan fingerprint density at radius 1 is 1.29 bits per heavy atom. The summed E-state index contributed by atoms with van der Waals surface area (Å²) in [7, 11) is 0. The topological polar surface area (TPSA) is 20.2 Å². The summed E-state index contributed by atoms with van der Waals surface area (Å²) in [4.78, 5) is 0. The van der Waals surface area contributed by atoms with Crippen LogP contribution < -0.4 is 0 Å². The fourth-order valence-corrected chi connectivity index (χ4v) is 2.27. The minimum Gasteiger partial charge on any atom is -0.396 e. The Kier molecular flexibility index (Phi) is 2.87. The lowest BCUT2D eigenvalue weighted by Crippen LogP contribution is -2.29. The largest absolute Gasteiger partial charge is 0.396 e. The molecule has 1 aliphatic rings. The van der Waals surface area contributed by atoms with E-state index in [1.54, 1.807) is 0 Å². The lowest BCUT2D eigenvalue weighted by atomic mass is 9.67. The van der Waals surface area contributed by atoms with Gasteiger partial charge >= 0.3 is 0 Å². The Morgan fingerprint density at radius 2 is 1.93 bits per heavy atom. The van der Waals surface area contributed by atoms with Crippen molar-refractivity contribution < 1.29 is 5.11 Å². The zero-order valence-corrected chi connectivity index (χ0v) is 8.69. The molecule has 0 saturated heterocycles. The first-order chi connectivity index (χ1) is 6.81. The molecule has 1 atom stereocenters. The first-order valence-electron chi connectivity index (χ1n) is 5.47. The molecule has 14 heavy (non-hydrogen) atoms. The summed E-state index contributed by atoms with van der Waals surface area (Å²) in [5.41, 5.74) is 1.47. The zero-order chi connectivity index (χ0) is 9.97. The number of aliphatic hydroxyl groups excluding tert-OH is 1. The molecule has 2 rings (SSSR count). The molecule has 1 unspecified atom stereocenters.